The Bertz CT molecular complexity index is 381. The van der Waals surface area contributed by atoms with Crippen LogP contribution in [0.25, 0.3) is 0 Å². The summed E-state index contributed by atoms with van der Waals surface area (Å²) in [7, 11) is 5.70. The Morgan fingerprint density at radius 3 is 2.16 bits per heavy atom. The predicted octanol–water partition coefficient (Wildman–Crippen LogP) is 0.351. The minimum Gasteiger partial charge on any atom is -0.549 e. The molecular weight excluding hydrogens is 242 g/mol. The Balaban J connectivity index is 0.00000154. The van der Waals surface area contributed by atoms with E-state index < -0.39 is 5.97 Å². The lowest BCUT2D eigenvalue weighted by Crippen LogP contribution is -2.35. The molecule has 0 N–H and O–H groups in total. The van der Waals surface area contributed by atoms with E-state index in [1.807, 2.05) is 51.0 Å². The highest BCUT2D eigenvalue weighted by Crippen LogP contribution is 2.04. The van der Waals surface area contributed by atoms with Crippen molar-refractivity contribution in [1.29, 1.82) is 0 Å². The van der Waals surface area contributed by atoms with Crippen LogP contribution in [0.15, 0.2) is 18.2 Å². The average Bonchev–Trinajstić information content (AvgIpc) is 2.29. The first-order chi connectivity index (χ1) is 8.97. The second-order valence-electron chi connectivity index (χ2n) is 4.40. The number of hydrogen-bond donors (Lipinski definition) is 0. The van der Waals surface area contributed by atoms with Gasteiger partial charge in [-0.2, -0.15) is 0 Å². The number of hydrogen-bond acceptors (Lipinski definition) is 5. The van der Waals surface area contributed by atoms with Gasteiger partial charge in [-0.25, -0.2) is 0 Å². The van der Waals surface area contributed by atoms with Gasteiger partial charge in [-0.3, -0.25) is 9.88 Å². The van der Waals surface area contributed by atoms with Gasteiger partial charge in [0.25, 0.3) is 0 Å². The molecule has 0 unspecified atom stereocenters. The van der Waals surface area contributed by atoms with Gasteiger partial charge in [0.1, 0.15) is 0 Å². The number of carboxylic acids is 1. The van der Waals surface area contributed by atoms with E-state index in [0.29, 0.717) is 6.54 Å². The first-order valence-electron chi connectivity index (χ1n) is 6.45. The molecule has 0 saturated heterocycles. The van der Waals surface area contributed by atoms with Crippen molar-refractivity contribution in [3.05, 3.63) is 29.6 Å². The summed E-state index contributed by atoms with van der Waals surface area (Å²) in [6.07, 6.45) is 0. The molecule has 0 radical (unpaired) electrons. The molecule has 0 spiro atoms. The third-order valence-electron chi connectivity index (χ3n) is 2.17. The Labute approximate surface area is 115 Å². The van der Waals surface area contributed by atoms with E-state index in [2.05, 4.69) is 4.98 Å². The molecule has 0 amide bonds. The summed E-state index contributed by atoms with van der Waals surface area (Å²) >= 11 is 0. The highest BCUT2D eigenvalue weighted by atomic mass is 16.4. The summed E-state index contributed by atoms with van der Waals surface area (Å²) in [5, 5.41) is 10.4. The van der Waals surface area contributed by atoms with Crippen LogP contribution < -0.4 is 5.11 Å². The van der Waals surface area contributed by atoms with E-state index >= 15 is 0 Å². The largest absolute Gasteiger partial charge is 0.549 e. The van der Waals surface area contributed by atoms with Crippen LogP contribution in [-0.4, -0.2) is 48.4 Å². The highest BCUT2D eigenvalue weighted by Gasteiger charge is 2.03. The molecule has 0 aromatic carbocycles. The first kappa shape index (κ1) is 17.5. The third-order valence-corrected chi connectivity index (χ3v) is 2.17. The van der Waals surface area contributed by atoms with E-state index in [-0.39, 0.29) is 6.54 Å². The van der Waals surface area contributed by atoms with Crippen LogP contribution in [0.2, 0.25) is 0 Å². The zero-order valence-electron chi connectivity index (χ0n) is 12.5. The topological polar surface area (TPSA) is 59.5 Å². The maximum absolute atomic E-state index is 10.4. The van der Waals surface area contributed by atoms with E-state index in [9.17, 15) is 9.90 Å². The van der Waals surface area contributed by atoms with E-state index in [0.717, 1.165) is 17.9 Å². The summed E-state index contributed by atoms with van der Waals surface area (Å²) in [5.74, 6) is -1.07. The molecular formula is C14H24N3O2-. The predicted molar refractivity (Wildman–Crippen MR) is 74.3 cm³/mol. The molecule has 0 saturated carbocycles. The zero-order valence-corrected chi connectivity index (χ0v) is 12.5. The Morgan fingerprint density at radius 2 is 1.68 bits per heavy atom. The second-order valence-corrected chi connectivity index (χ2v) is 4.40. The van der Waals surface area contributed by atoms with Gasteiger partial charge in [-0.15, -0.1) is 0 Å². The SMILES string of the molecule is CC.CN(C)Cc1cccc(CN(C)CC(=O)[O-])n1. The minimum absolute atomic E-state index is 0.0837. The van der Waals surface area contributed by atoms with Crippen LogP contribution in [0.1, 0.15) is 25.2 Å². The van der Waals surface area contributed by atoms with E-state index in [4.69, 9.17) is 0 Å². The fourth-order valence-electron chi connectivity index (χ4n) is 1.58. The number of aromatic nitrogens is 1. The van der Waals surface area contributed by atoms with Gasteiger partial charge in [0.15, 0.2) is 0 Å². The molecule has 1 rings (SSSR count). The van der Waals surface area contributed by atoms with Crippen LogP contribution in [0, 0.1) is 0 Å². The minimum atomic E-state index is -1.07. The van der Waals surface area contributed by atoms with Gasteiger partial charge >= 0.3 is 0 Å². The number of likely N-dealkylation sites (N-methyl/N-ethyl adjacent to an activating group) is 1. The van der Waals surface area contributed by atoms with Crippen LogP contribution in [0.4, 0.5) is 0 Å². The molecule has 5 nitrogen and oxygen atoms in total. The van der Waals surface area contributed by atoms with Gasteiger partial charge in [0.2, 0.25) is 0 Å². The van der Waals surface area contributed by atoms with Gasteiger partial charge in [-0.1, -0.05) is 19.9 Å². The summed E-state index contributed by atoms with van der Waals surface area (Å²) in [5.41, 5.74) is 1.85. The molecule has 1 aromatic rings. The molecule has 0 aliphatic rings. The van der Waals surface area contributed by atoms with Crippen molar-refractivity contribution >= 4 is 5.97 Å². The molecule has 5 heteroatoms. The molecule has 0 atom stereocenters. The summed E-state index contributed by atoms with van der Waals surface area (Å²) < 4.78 is 0. The standard InChI is InChI=1S/C12H19N3O2.C2H6/c1-14(2)7-10-5-4-6-11(13-10)8-15(3)9-12(16)17;1-2/h4-6H,7-9H2,1-3H3,(H,16,17);1-2H3/p-1. The monoisotopic (exact) mass is 266 g/mol. The van der Waals surface area contributed by atoms with Crippen molar-refractivity contribution in [2.45, 2.75) is 26.9 Å². The maximum atomic E-state index is 10.4. The van der Waals surface area contributed by atoms with Crippen LogP contribution in [0.3, 0.4) is 0 Å². The molecule has 0 aliphatic heterocycles. The number of carbonyl (C=O) groups is 1. The van der Waals surface area contributed by atoms with Gasteiger partial charge in [0.05, 0.1) is 17.4 Å². The number of rotatable bonds is 6. The normalized spacial score (nSPS) is 10.3. The van der Waals surface area contributed by atoms with Crippen molar-refractivity contribution in [3.8, 4) is 0 Å². The molecule has 1 aromatic heterocycles. The summed E-state index contributed by atoms with van der Waals surface area (Å²) in [4.78, 5) is 18.6. The lowest BCUT2D eigenvalue weighted by Gasteiger charge is -2.17. The first-order valence-corrected chi connectivity index (χ1v) is 6.45. The van der Waals surface area contributed by atoms with Crippen LogP contribution in [0.5, 0.6) is 0 Å². The number of carbonyl (C=O) groups excluding carboxylic acids is 1. The quantitative estimate of drug-likeness (QED) is 0.743. The Kier molecular flexibility index (Phi) is 8.74. The van der Waals surface area contributed by atoms with Crippen molar-refractivity contribution in [3.63, 3.8) is 0 Å². The number of carboxylic acid groups (broad SMARTS) is 1. The molecule has 0 aliphatic carbocycles. The van der Waals surface area contributed by atoms with Crippen molar-refractivity contribution in [2.24, 2.45) is 0 Å². The molecule has 0 bridgehead atoms. The van der Waals surface area contributed by atoms with Gasteiger partial charge in [0, 0.05) is 19.6 Å². The molecule has 108 valence electrons. The van der Waals surface area contributed by atoms with E-state index in [1.165, 1.54) is 0 Å². The van der Waals surface area contributed by atoms with Crippen LogP contribution >= 0.6 is 0 Å². The fourth-order valence-corrected chi connectivity index (χ4v) is 1.58. The van der Waals surface area contributed by atoms with Gasteiger partial charge < -0.3 is 14.8 Å². The number of aliphatic carboxylic acids is 1. The summed E-state index contributed by atoms with van der Waals surface area (Å²) in [6, 6.07) is 5.79. The highest BCUT2D eigenvalue weighted by molar-refractivity contribution is 5.66. The fraction of sp³-hybridized carbons (Fsp3) is 0.571. The second kappa shape index (κ2) is 9.47. The summed E-state index contributed by atoms with van der Waals surface area (Å²) in [6.45, 7) is 5.20. The molecule has 19 heavy (non-hydrogen) atoms. The lowest BCUT2D eigenvalue weighted by molar-refractivity contribution is -0.306. The van der Waals surface area contributed by atoms with Crippen molar-refractivity contribution in [2.75, 3.05) is 27.7 Å². The molecule has 0 fully saturated rings. The smallest absolute Gasteiger partial charge is 0.0555 e. The lowest BCUT2D eigenvalue weighted by atomic mass is 10.3. The van der Waals surface area contributed by atoms with Crippen molar-refractivity contribution in [1.82, 2.24) is 14.8 Å². The Morgan fingerprint density at radius 1 is 1.16 bits per heavy atom. The number of pyridine rings is 1. The van der Waals surface area contributed by atoms with E-state index in [1.54, 1.807) is 11.9 Å². The van der Waals surface area contributed by atoms with Crippen molar-refractivity contribution < 1.29 is 9.90 Å². The average molecular weight is 266 g/mol. The maximum Gasteiger partial charge on any atom is 0.0555 e. The molecule has 1 heterocycles. The third kappa shape index (κ3) is 8.29. The number of nitrogens with zero attached hydrogens (tertiary/aromatic N) is 3. The zero-order chi connectivity index (χ0) is 14.8. The Hall–Kier alpha value is -1.46. The van der Waals surface area contributed by atoms with Gasteiger partial charge in [-0.05, 0) is 33.3 Å². The van der Waals surface area contributed by atoms with Crippen LogP contribution in [-0.2, 0) is 17.9 Å².